The van der Waals surface area contributed by atoms with Gasteiger partial charge in [0.05, 0.1) is 0 Å². The van der Waals surface area contributed by atoms with E-state index in [0.717, 1.165) is 42.3 Å². The second-order valence-electron chi connectivity index (χ2n) is 4.94. The number of nitrogens with zero attached hydrogens (tertiary/aromatic N) is 2. The van der Waals surface area contributed by atoms with E-state index in [0.29, 0.717) is 0 Å². The van der Waals surface area contributed by atoms with Gasteiger partial charge in [0.2, 0.25) is 0 Å². The zero-order chi connectivity index (χ0) is 13.8. The SMILES string of the molecule is CCCCn1c(CC)nc(-c2ccccc2C)c1N. The zero-order valence-electron chi connectivity index (χ0n) is 12.1. The Hall–Kier alpha value is -1.77. The van der Waals surface area contributed by atoms with Crippen molar-refractivity contribution in [3.63, 3.8) is 0 Å². The molecule has 19 heavy (non-hydrogen) atoms. The monoisotopic (exact) mass is 257 g/mol. The van der Waals surface area contributed by atoms with Crippen LogP contribution in [-0.4, -0.2) is 9.55 Å². The van der Waals surface area contributed by atoms with E-state index < -0.39 is 0 Å². The van der Waals surface area contributed by atoms with E-state index in [1.54, 1.807) is 0 Å². The van der Waals surface area contributed by atoms with Crippen LogP contribution < -0.4 is 5.73 Å². The van der Waals surface area contributed by atoms with E-state index in [1.165, 1.54) is 12.0 Å². The lowest BCUT2D eigenvalue weighted by Crippen LogP contribution is -2.06. The average Bonchev–Trinajstić information content (AvgIpc) is 2.73. The smallest absolute Gasteiger partial charge is 0.131 e. The van der Waals surface area contributed by atoms with Crippen LogP contribution in [0.1, 0.15) is 38.1 Å². The number of hydrogen-bond acceptors (Lipinski definition) is 2. The molecule has 0 saturated heterocycles. The maximum Gasteiger partial charge on any atom is 0.131 e. The number of nitrogens with two attached hydrogens (primary N) is 1. The third kappa shape index (κ3) is 2.65. The van der Waals surface area contributed by atoms with Gasteiger partial charge < -0.3 is 10.3 Å². The van der Waals surface area contributed by atoms with Crippen molar-refractivity contribution in [2.45, 2.75) is 46.6 Å². The first-order chi connectivity index (χ1) is 9.19. The highest BCUT2D eigenvalue weighted by Crippen LogP contribution is 2.29. The number of nitrogen functional groups attached to an aromatic ring is 1. The van der Waals surface area contributed by atoms with Crippen LogP contribution in [-0.2, 0) is 13.0 Å². The molecule has 0 spiro atoms. The van der Waals surface area contributed by atoms with Crippen molar-refractivity contribution in [1.82, 2.24) is 9.55 Å². The molecule has 2 rings (SSSR count). The summed E-state index contributed by atoms with van der Waals surface area (Å²) in [6, 6.07) is 8.28. The minimum atomic E-state index is 0.805. The lowest BCUT2D eigenvalue weighted by atomic mass is 10.1. The highest BCUT2D eigenvalue weighted by molar-refractivity contribution is 5.73. The molecule has 0 aliphatic rings. The molecule has 2 aromatic rings. The summed E-state index contributed by atoms with van der Waals surface area (Å²) in [5.41, 5.74) is 9.62. The molecule has 102 valence electrons. The Morgan fingerprint density at radius 3 is 2.58 bits per heavy atom. The van der Waals surface area contributed by atoms with Gasteiger partial charge in [0, 0.05) is 18.5 Å². The number of hydrogen-bond donors (Lipinski definition) is 1. The number of anilines is 1. The molecule has 1 heterocycles. The Morgan fingerprint density at radius 2 is 1.95 bits per heavy atom. The molecule has 0 amide bonds. The molecule has 0 aliphatic heterocycles. The Kier molecular flexibility index (Phi) is 4.25. The summed E-state index contributed by atoms with van der Waals surface area (Å²) in [6.07, 6.45) is 3.22. The van der Waals surface area contributed by atoms with Crippen molar-refractivity contribution in [1.29, 1.82) is 0 Å². The first-order valence-corrected chi connectivity index (χ1v) is 7.09. The highest BCUT2D eigenvalue weighted by Gasteiger charge is 2.15. The van der Waals surface area contributed by atoms with Gasteiger partial charge in [0.25, 0.3) is 0 Å². The van der Waals surface area contributed by atoms with Gasteiger partial charge in [0.15, 0.2) is 0 Å². The molecular weight excluding hydrogens is 234 g/mol. The zero-order valence-corrected chi connectivity index (χ0v) is 12.1. The van der Waals surface area contributed by atoms with Crippen molar-refractivity contribution >= 4 is 5.82 Å². The van der Waals surface area contributed by atoms with E-state index in [9.17, 15) is 0 Å². The summed E-state index contributed by atoms with van der Waals surface area (Å²) in [5, 5.41) is 0. The molecule has 0 aliphatic carbocycles. The van der Waals surface area contributed by atoms with Gasteiger partial charge in [-0.2, -0.15) is 0 Å². The lowest BCUT2D eigenvalue weighted by Gasteiger charge is -2.08. The first kappa shape index (κ1) is 13.7. The van der Waals surface area contributed by atoms with E-state index in [4.69, 9.17) is 10.7 Å². The molecule has 0 unspecified atom stereocenters. The summed E-state index contributed by atoms with van der Waals surface area (Å²) < 4.78 is 2.17. The molecule has 0 fully saturated rings. The molecular formula is C16H23N3. The average molecular weight is 257 g/mol. The van der Waals surface area contributed by atoms with E-state index in [-0.39, 0.29) is 0 Å². The minimum Gasteiger partial charge on any atom is -0.383 e. The summed E-state index contributed by atoms with van der Waals surface area (Å²) >= 11 is 0. The van der Waals surface area contributed by atoms with Crippen LogP contribution in [0.3, 0.4) is 0 Å². The number of aromatic nitrogens is 2. The predicted octanol–water partition coefficient (Wildman–Crippen LogP) is 3.80. The third-order valence-corrected chi connectivity index (χ3v) is 3.54. The molecule has 1 aromatic carbocycles. The Labute approximate surface area is 115 Å². The van der Waals surface area contributed by atoms with Crippen molar-refractivity contribution in [2.75, 3.05) is 5.73 Å². The van der Waals surface area contributed by atoms with Crippen LogP contribution in [0.25, 0.3) is 11.3 Å². The second kappa shape index (κ2) is 5.91. The highest BCUT2D eigenvalue weighted by atomic mass is 15.1. The quantitative estimate of drug-likeness (QED) is 0.885. The molecule has 0 saturated carbocycles. The molecule has 1 aromatic heterocycles. The van der Waals surface area contributed by atoms with Gasteiger partial charge >= 0.3 is 0 Å². The molecule has 3 heteroatoms. The Bertz CT molecular complexity index is 555. The fourth-order valence-electron chi connectivity index (χ4n) is 2.39. The number of benzene rings is 1. The van der Waals surface area contributed by atoms with Crippen molar-refractivity contribution < 1.29 is 0 Å². The Morgan fingerprint density at radius 1 is 1.21 bits per heavy atom. The van der Waals surface area contributed by atoms with Crippen LogP contribution >= 0.6 is 0 Å². The van der Waals surface area contributed by atoms with E-state index >= 15 is 0 Å². The largest absolute Gasteiger partial charge is 0.383 e. The van der Waals surface area contributed by atoms with Gasteiger partial charge in [-0.15, -0.1) is 0 Å². The maximum absolute atomic E-state index is 6.32. The summed E-state index contributed by atoms with van der Waals surface area (Å²) in [7, 11) is 0. The fourth-order valence-corrected chi connectivity index (χ4v) is 2.39. The predicted molar refractivity (Wildman–Crippen MR) is 81.1 cm³/mol. The second-order valence-corrected chi connectivity index (χ2v) is 4.94. The third-order valence-electron chi connectivity index (χ3n) is 3.54. The van der Waals surface area contributed by atoms with E-state index in [1.807, 2.05) is 12.1 Å². The topological polar surface area (TPSA) is 43.8 Å². The number of rotatable bonds is 5. The number of unbranched alkanes of at least 4 members (excludes halogenated alkanes) is 1. The van der Waals surface area contributed by atoms with Crippen LogP contribution in [0, 0.1) is 6.92 Å². The van der Waals surface area contributed by atoms with Gasteiger partial charge in [-0.1, -0.05) is 44.5 Å². The van der Waals surface area contributed by atoms with Gasteiger partial charge in [-0.05, 0) is 18.9 Å². The van der Waals surface area contributed by atoms with Crippen LogP contribution in [0.15, 0.2) is 24.3 Å². The lowest BCUT2D eigenvalue weighted by molar-refractivity contribution is 0.612. The summed E-state index contributed by atoms with van der Waals surface area (Å²) in [5.74, 6) is 1.89. The maximum atomic E-state index is 6.32. The van der Waals surface area contributed by atoms with Crippen molar-refractivity contribution in [2.24, 2.45) is 0 Å². The molecule has 3 nitrogen and oxygen atoms in total. The minimum absolute atomic E-state index is 0.805. The van der Waals surface area contributed by atoms with Crippen LogP contribution in [0.2, 0.25) is 0 Å². The molecule has 0 atom stereocenters. The Balaban J connectivity index is 2.48. The van der Waals surface area contributed by atoms with E-state index in [2.05, 4.69) is 37.5 Å². The normalized spacial score (nSPS) is 10.9. The number of imidazole rings is 1. The standard InChI is InChI=1S/C16H23N3/c1-4-6-11-19-14(5-2)18-15(16(19)17)13-10-8-7-9-12(13)3/h7-10H,4-6,11,17H2,1-3H3. The van der Waals surface area contributed by atoms with Crippen LogP contribution in [0.4, 0.5) is 5.82 Å². The van der Waals surface area contributed by atoms with Crippen LogP contribution in [0.5, 0.6) is 0 Å². The molecule has 0 radical (unpaired) electrons. The van der Waals surface area contributed by atoms with Gasteiger partial charge in [-0.25, -0.2) is 4.98 Å². The van der Waals surface area contributed by atoms with Gasteiger partial charge in [0.1, 0.15) is 17.3 Å². The molecule has 0 bridgehead atoms. The molecule has 2 N–H and O–H groups in total. The first-order valence-electron chi connectivity index (χ1n) is 7.09. The summed E-state index contributed by atoms with van der Waals surface area (Å²) in [6.45, 7) is 7.39. The van der Waals surface area contributed by atoms with Crippen molar-refractivity contribution in [3.05, 3.63) is 35.7 Å². The van der Waals surface area contributed by atoms with Crippen molar-refractivity contribution in [3.8, 4) is 11.3 Å². The number of aryl methyl sites for hydroxylation is 2. The van der Waals surface area contributed by atoms with Gasteiger partial charge in [-0.3, -0.25) is 0 Å². The fraction of sp³-hybridized carbons (Fsp3) is 0.438. The summed E-state index contributed by atoms with van der Waals surface area (Å²) in [4.78, 5) is 4.75.